The van der Waals surface area contributed by atoms with Crippen molar-refractivity contribution in [1.29, 1.82) is 0 Å². The van der Waals surface area contributed by atoms with Crippen molar-refractivity contribution in [3.05, 3.63) is 11.9 Å². The molecule has 0 bridgehead atoms. The maximum atomic E-state index is 12.8. The van der Waals surface area contributed by atoms with Gasteiger partial charge in [-0.2, -0.15) is 0 Å². The third-order valence-corrected chi connectivity index (χ3v) is 6.64. The van der Waals surface area contributed by atoms with Gasteiger partial charge in [-0.15, -0.1) is 0 Å². The summed E-state index contributed by atoms with van der Waals surface area (Å²) in [6.45, 7) is 7.40. The summed E-state index contributed by atoms with van der Waals surface area (Å²) >= 11 is 0. The minimum absolute atomic E-state index is 0.0956. The van der Waals surface area contributed by atoms with Crippen LogP contribution in [-0.4, -0.2) is 54.9 Å². The monoisotopic (exact) mass is 369 g/mol. The van der Waals surface area contributed by atoms with Crippen LogP contribution in [0.2, 0.25) is 0 Å². The second kappa shape index (κ2) is 7.76. The van der Waals surface area contributed by atoms with Gasteiger partial charge in [-0.3, -0.25) is 0 Å². The lowest BCUT2D eigenvalue weighted by Gasteiger charge is -2.21. The van der Waals surface area contributed by atoms with Gasteiger partial charge in [-0.1, -0.05) is 13.8 Å². The largest absolute Gasteiger partial charge is 0.376 e. The molecule has 1 aromatic rings. The van der Waals surface area contributed by atoms with E-state index in [-0.39, 0.29) is 17.0 Å². The van der Waals surface area contributed by atoms with Crippen molar-refractivity contribution in [1.82, 2.24) is 14.5 Å². The van der Waals surface area contributed by atoms with Crippen molar-refractivity contribution in [3.63, 3.8) is 0 Å². The molecule has 0 radical (unpaired) electrons. The average molecular weight is 370 g/mol. The van der Waals surface area contributed by atoms with Crippen molar-refractivity contribution in [2.45, 2.75) is 63.9 Å². The molecule has 1 saturated heterocycles. The third kappa shape index (κ3) is 5.05. The Balaban J connectivity index is 1.83. The van der Waals surface area contributed by atoms with Crippen molar-refractivity contribution < 1.29 is 13.2 Å². The number of nitrogens with zero attached hydrogens (tertiary/aromatic N) is 3. The van der Waals surface area contributed by atoms with Gasteiger partial charge in [0.05, 0.1) is 30.3 Å². The van der Waals surface area contributed by atoms with Gasteiger partial charge < -0.3 is 14.2 Å². The molecular formula is C18H31N3O3S. The fourth-order valence-corrected chi connectivity index (χ4v) is 5.43. The van der Waals surface area contributed by atoms with E-state index in [4.69, 9.17) is 4.74 Å². The fourth-order valence-electron chi connectivity index (χ4n) is 3.59. The maximum absolute atomic E-state index is 12.8. The normalized spacial score (nSPS) is 21.6. The molecule has 7 heteroatoms. The molecule has 0 amide bonds. The van der Waals surface area contributed by atoms with E-state index < -0.39 is 9.84 Å². The predicted molar refractivity (Wildman–Crippen MR) is 97.1 cm³/mol. The molecule has 2 aliphatic rings. The number of sulfone groups is 1. The molecule has 1 saturated carbocycles. The van der Waals surface area contributed by atoms with Crippen molar-refractivity contribution in [2.24, 2.45) is 11.8 Å². The van der Waals surface area contributed by atoms with Crippen LogP contribution in [0.1, 0.15) is 45.2 Å². The summed E-state index contributed by atoms with van der Waals surface area (Å²) in [4.78, 5) is 6.56. The van der Waals surface area contributed by atoms with Crippen LogP contribution in [0.3, 0.4) is 0 Å². The van der Waals surface area contributed by atoms with Crippen LogP contribution in [0.5, 0.6) is 0 Å². The van der Waals surface area contributed by atoms with E-state index in [2.05, 4.69) is 30.8 Å². The first kappa shape index (κ1) is 18.9. The first-order valence-electron chi connectivity index (χ1n) is 9.42. The second-order valence-electron chi connectivity index (χ2n) is 8.09. The van der Waals surface area contributed by atoms with E-state index in [1.807, 2.05) is 4.57 Å². The van der Waals surface area contributed by atoms with Crippen LogP contribution in [0.25, 0.3) is 0 Å². The molecule has 1 aliphatic heterocycles. The van der Waals surface area contributed by atoms with E-state index in [1.54, 1.807) is 6.20 Å². The van der Waals surface area contributed by atoms with Gasteiger partial charge in [-0.05, 0) is 44.6 Å². The van der Waals surface area contributed by atoms with Crippen LogP contribution >= 0.6 is 0 Å². The Morgan fingerprint density at radius 1 is 1.36 bits per heavy atom. The number of imidazole rings is 1. The molecule has 25 heavy (non-hydrogen) atoms. The van der Waals surface area contributed by atoms with E-state index in [9.17, 15) is 8.42 Å². The summed E-state index contributed by atoms with van der Waals surface area (Å²) in [6, 6.07) is 0. The zero-order valence-corrected chi connectivity index (χ0v) is 16.5. The molecule has 3 rings (SSSR count). The van der Waals surface area contributed by atoms with E-state index in [1.165, 1.54) is 0 Å². The summed E-state index contributed by atoms with van der Waals surface area (Å²) in [5.74, 6) is 1.12. The highest BCUT2D eigenvalue weighted by molar-refractivity contribution is 7.91. The lowest BCUT2D eigenvalue weighted by Crippen LogP contribution is -2.27. The van der Waals surface area contributed by atoms with Gasteiger partial charge in [0.1, 0.15) is 0 Å². The second-order valence-corrected chi connectivity index (χ2v) is 10.0. The van der Waals surface area contributed by atoms with Crippen LogP contribution in [-0.2, 0) is 27.7 Å². The van der Waals surface area contributed by atoms with Crippen LogP contribution < -0.4 is 0 Å². The van der Waals surface area contributed by atoms with E-state index >= 15 is 0 Å². The average Bonchev–Trinajstić information content (AvgIpc) is 3.00. The van der Waals surface area contributed by atoms with Gasteiger partial charge in [0.2, 0.25) is 15.0 Å². The Bertz CT molecular complexity index is 674. The highest BCUT2D eigenvalue weighted by Crippen LogP contribution is 2.32. The molecule has 1 aromatic heterocycles. The van der Waals surface area contributed by atoms with Crippen molar-refractivity contribution in [3.8, 4) is 0 Å². The molecule has 0 aromatic carbocycles. The maximum Gasteiger partial charge on any atom is 0.227 e. The quantitative estimate of drug-likeness (QED) is 0.668. The number of rotatable bonds is 9. The fraction of sp³-hybridized carbons (Fsp3) is 0.833. The Morgan fingerprint density at radius 2 is 2.12 bits per heavy atom. The summed E-state index contributed by atoms with van der Waals surface area (Å²) in [5.41, 5.74) is 0.966. The van der Waals surface area contributed by atoms with Gasteiger partial charge in [0.15, 0.2) is 0 Å². The van der Waals surface area contributed by atoms with Gasteiger partial charge in [0, 0.05) is 19.7 Å². The van der Waals surface area contributed by atoms with E-state index in [0.717, 1.165) is 44.5 Å². The number of hydrogen-bond acceptors (Lipinski definition) is 5. The minimum Gasteiger partial charge on any atom is -0.376 e. The molecule has 6 nitrogen and oxygen atoms in total. The van der Waals surface area contributed by atoms with Gasteiger partial charge in [-0.25, -0.2) is 13.4 Å². The lowest BCUT2D eigenvalue weighted by atomic mass is 10.2. The topological polar surface area (TPSA) is 64.4 Å². The highest BCUT2D eigenvalue weighted by atomic mass is 32.2. The summed E-state index contributed by atoms with van der Waals surface area (Å²) in [7, 11) is -1.26. The molecule has 142 valence electrons. The minimum atomic E-state index is -3.33. The molecule has 0 unspecified atom stereocenters. The molecule has 2 fully saturated rings. The summed E-state index contributed by atoms with van der Waals surface area (Å²) in [6.07, 6.45) is 5.92. The molecule has 1 aliphatic carbocycles. The summed E-state index contributed by atoms with van der Waals surface area (Å²) in [5, 5.41) is 0.239. The smallest absolute Gasteiger partial charge is 0.227 e. The Morgan fingerprint density at radius 3 is 2.72 bits per heavy atom. The Hall–Kier alpha value is -0.920. The number of ether oxygens (including phenoxy) is 1. The Labute approximate surface area is 151 Å². The standard InChI is InChI=1S/C18H31N3O3S/c1-14(2)10-20(3)11-16-9-19-18(25(22,23)13-15-6-7-15)21(16)12-17-5-4-8-24-17/h9,14-15,17H,4-8,10-13H2,1-3H3/t17-/m1/s1. The highest BCUT2D eigenvalue weighted by Gasteiger charge is 2.33. The molecule has 1 atom stereocenters. The predicted octanol–water partition coefficient (Wildman–Crippen LogP) is 2.33. The lowest BCUT2D eigenvalue weighted by molar-refractivity contribution is 0.0933. The molecule has 0 spiro atoms. The summed E-state index contributed by atoms with van der Waals surface area (Å²) < 4.78 is 33.3. The molecule has 2 heterocycles. The van der Waals surface area contributed by atoms with Crippen LogP contribution in [0.15, 0.2) is 11.4 Å². The van der Waals surface area contributed by atoms with Crippen LogP contribution in [0, 0.1) is 11.8 Å². The van der Waals surface area contributed by atoms with Crippen molar-refractivity contribution >= 4 is 9.84 Å². The molecule has 0 N–H and O–H groups in total. The number of aromatic nitrogens is 2. The third-order valence-electron chi connectivity index (χ3n) is 4.85. The van der Waals surface area contributed by atoms with E-state index in [0.29, 0.717) is 24.9 Å². The van der Waals surface area contributed by atoms with Gasteiger partial charge in [0.25, 0.3) is 0 Å². The zero-order chi connectivity index (χ0) is 18.0. The first-order chi connectivity index (χ1) is 11.8. The van der Waals surface area contributed by atoms with Crippen molar-refractivity contribution in [2.75, 3.05) is 26.0 Å². The Kier molecular flexibility index (Phi) is 5.85. The van der Waals surface area contributed by atoms with Crippen LogP contribution in [0.4, 0.5) is 0 Å². The number of hydrogen-bond donors (Lipinski definition) is 0. The molecular weight excluding hydrogens is 338 g/mol. The SMILES string of the molecule is CC(C)CN(C)Cc1cnc(S(=O)(=O)CC2CC2)n1C[C@H]1CCCO1. The van der Waals surface area contributed by atoms with Gasteiger partial charge >= 0.3 is 0 Å². The zero-order valence-electron chi connectivity index (χ0n) is 15.6. The first-order valence-corrected chi connectivity index (χ1v) is 11.1.